The standard InChI is InChI=1S/C24H14FN3OS2/c25-18-11-9-15(10-12-18)21-22-27(14-17-6-2-1-5-16(17)13-26)23(29)19-7-3-4-8-20(19)28(22)24(30)31-21/h1-12H,14H2. The summed E-state index contributed by atoms with van der Waals surface area (Å²) in [6, 6.07) is 22.9. The van der Waals surface area contributed by atoms with Crippen LogP contribution in [-0.2, 0) is 6.54 Å². The highest BCUT2D eigenvalue weighted by Crippen LogP contribution is 2.33. The third-order valence-electron chi connectivity index (χ3n) is 5.24. The second-order valence-corrected chi connectivity index (χ2v) is 8.68. The first-order valence-corrected chi connectivity index (χ1v) is 10.7. The summed E-state index contributed by atoms with van der Waals surface area (Å²) in [5.41, 5.74) is 3.22. The molecule has 0 spiro atoms. The molecule has 0 saturated carbocycles. The smallest absolute Gasteiger partial charge is 0.261 e. The van der Waals surface area contributed by atoms with Crippen LogP contribution >= 0.6 is 23.6 Å². The largest absolute Gasteiger partial charge is 0.288 e. The molecular weight excluding hydrogens is 429 g/mol. The highest BCUT2D eigenvalue weighted by Gasteiger charge is 2.19. The summed E-state index contributed by atoms with van der Waals surface area (Å²) >= 11 is 7.06. The highest BCUT2D eigenvalue weighted by molar-refractivity contribution is 7.73. The van der Waals surface area contributed by atoms with Gasteiger partial charge in [0, 0.05) is 0 Å². The first kappa shape index (κ1) is 19.4. The number of rotatable bonds is 3. The van der Waals surface area contributed by atoms with E-state index in [2.05, 4.69) is 6.07 Å². The Morgan fingerprint density at radius 1 is 1.00 bits per heavy atom. The first-order chi connectivity index (χ1) is 15.1. The summed E-state index contributed by atoms with van der Waals surface area (Å²) < 4.78 is 17.7. The zero-order valence-corrected chi connectivity index (χ0v) is 17.7. The van der Waals surface area contributed by atoms with Crippen LogP contribution in [-0.4, -0.2) is 8.97 Å². The van der Waals surface area contributed by atoms with Crippen molar-refractivity contribution >= 4 is 40.1 Å². The molecular formula is C24H14FN3OS2. The van der Waals surface area contributed by atoms with Crippen molar-refractivity contribution in [3.05, 3.63) is 104 Å². The van der Waals surface area contributed by atoms with E-state index in [4.69, 9.17) is 12.2 Å². The number of para-hydroxylation sites is 1. The molecule has 0 unspecified atom stereocenters. The number of nitrogens with zero attached hydrogens (tertiary/aromatic N) is 3. The van der Waals surface area contributed by atoms with Gasteiger partial charge in [-0.15, -0.1) is 11.3 Å². The number of aromatic nitrogens is 2. The van der Waals surface area contributed by atoms with Gasteiger partial charge in [0.15, 0.2) is 3.95 Å². The number of hydrogen-bond donors (Lipinski definition) is 0. The van der Waals surface area contributed by atoms with Gasteiger partial charge in [-0.2, -0.15) is 5.26 Å². The molecule has 0 radical (unpaired) electrons. The van der Waals surface area contributed by atoms with Gasteiger partial charge in [0.2, 0.25) is 0 Å². The summed E-state index contributed by atoms with van der Waals surface area (Å²) in [5, 5.41) is 10.1. The fourth-order valence-electron chi connectivity index (χ4n) is 3.79. The van der Waals surface area contributed by atoms with Gasteiger partial charge in [-0.3, -0.25) is 13.8 Å². The lowest BCUT2D eigenvalue weighted by Gasteiger charge is -2.14. The molecule has 31 heavy (non-hydrogen) atoms. The minimum Gasteiger partial charge on any atom is -0.288 e. The zero-order chi connectivity index (χ0) is 21.5. The molecule has 5 rings (SSSR count). The number of nitriles is 1. The lowest BCUT2D eigenvalue weighted by molar-refractivity contribution is 0.628. The van der Waals surface area contributed by atoms with Crippen molar-refractivity contribution < 1.29 is 4.39 Å². The van der Waals surface area contributed by atoms with Gasteiger partial charge in [-0.1, -0.05) is 42.5 Å². The molecule has 3 aromatic carbocycles. The Hall–Kier alpha value is -3.60. The summed E-state index contributed by atoms with van der Waals surface area (Å²) in [7, 11) is 0. The Labute approximate surface area is 185 Å². The second kappa shape index (κ2) is 7.58. The molecule has 0 N–H and O–H groups in total. The third kappa shape index (κ3) is 3.17. The predicted octanol–water partition coefficient (Wildman–Crippen LogP) is 5.77. The van der Waals surface area contributed by atoms with Crippen molar-refractivity contribution in [2.75, 3.05) is 0 Å². The number of benzene rings is 3. The first-order valence-electron chi connectivity index (χ1n) is 9.49. The Bertz CT molecular complexity index is 1620. The van der Waals surface area contributed by atoms with E-state index < -0.39 is 0 Å². The van der Waals surface area contributed by atoms with Crippen LogP contribution in [0.25, 0.3) is 27.0 Å². The van der Waals surface area contributed by atoms with Crippen LogP contribution in [0.1, 0.15) is 11.1 Å². The van der Waals surface area contributed by atoms with E-state index in [9.17, 15) is 14.4 Å². The number of hydrogen-bond acceptors (Lipinski definition) is 4. The Kier molecular flexibility index (Phi) is 4.74. The Morgan fingerprint density at radius 3 is 2.48 bits per heavy atom. The van der Waals surface area contributed by atoms with Crippen LogP contribution in [0.5, 0.6) is 0 Å². The lowest BCUT2D eigenvalue weighted by atomic mass is 10.1. The van der Waals surface area contributed by atoms with Crippen molar-refractivity contribution in [3.63, 3.8) is 0 Å². The monoisotopic (exact) mass is 443 g/mol. The van der Waals surface area contributed by atoms with Crippen LogP contribution in [0.2, 0.25) is 0 Å². The SMILES string of the molecule is N#Cc1ccccc1Cn1c(=O)c2ccccc2n2c(=S)sc(-c3ccc(F)cc3)c12. The van der Waals surface area contributed by atoms with Crippen LogP contribution in [0.3, 0.4) is 0 Å². The molecule has 5 aromatic rings. The fourth-order valence-corrected chi connectivity index (χ4v) is 5.22. The van der Waals surface area contributed by atoms with Crippen molar-refractivity contribution in [1.29, 1.82) is 5.26 Å². The van der Waals surface area contributed by atoms with E-state index in [1.807, 2.05) is 34.7 Å². The normalized spacial score (nSPS) is 11.1. The summed E-state index contributed by atoms with van der Waals surface area (Å²) in [5.74, 6) is -0.332. The van der Waals surface area contributed by atoms with Crippen molar-refractivity contribution in [3.8, 4) is 16.5 Å². The second-order valence-electron chi connectivity index (χ2n) is 7.04. The van der Waals surface area contributed by atoms with Crippen LogP contribution < -0.4 is 5.56 Å². The summed E-state index contributed by atoms with van der Waals surface area (Å²) in [6.45, 7) is 0.219. The molecule has 150 valence electrons. The molecule has 2 aromatic heterocycles. The molecule has 0 aliphatic rings. The van der Waals surface area contributed by atoms with Crippen molar-refractivity contribution in [1.82, 2.24) is 8.97 Å². The fraction of sp³-hybridized carbons (Fsp3) is 0.0417. The minimum absolute atomic E-state index is 0.167. The van der Waals surface area contributed by atoms with Crippen LogP contribution in [0.15, 0.2) is 77.6 Å². The molecule has 2 heterocycles. The topological polar surface area (TPSA) is 50.2 Å². The number of thiazole rings is 1. The molecule has 0 amide bonds. The van der Waals surface area contributed by atoms with Gasteiger partial charge >= 0.3 is 0 Å². The van der Waals surface area contributed by atoms with E-state index in [0.29, 0.717) is 20.6 Å². The molecule has 0 fully saturated rings. The quantitative estimate of drug-likeness (QED) is 0.333. The summed E-state index contributed by atoms with van der Waals surface area (Å²) in [4.78, 5) is 14.4. The molecule has 0 aliphatic carbocycles. The number of fused-ring (bicyclic) bond motifs is 3. The average Bonchev–Trinajstić information content (AvgIpc) is 3.14. The van der Waals surface area contributed by atoms with Gasteiger partial charge < -0.3 is 0 Å². The van der Waals surface area contributed by atoms with E-state index >= 15 is 0 Å². The number of halogens is 1. The maximum atomic E-state index is 13.6. The molecule has 4 nitrogen and oxygen atoms in total. The van der Waals surface area contributed by atoms with Crippen LogP contribution in [0.4, 0.5) is 4.39 Å². The van der Waals surface area contributed by atoms with Gasteiger partial charge in [0.25, 0.3) is 5.56 Å². The van der Waals surface area contributed by atoms with Crippen LogP contribution in [0, 0.1) is 21.1 Å². The van der Waals surface area contributed by atoms with Gasteiger partial charge in [0.05, 0.1) is 34.0 Å². The Balaban J connectivity index is 1.91. The predicted molar refractivity (Wildman–Crippen MR) is 124 cm³/mol. The average molecular weight is 444 g/mol. The Morgan fingerprint density at radius 2 is 1.71 bits per heavy atom. The highest BCUT2D eigenvalue weighted by atomic mass is 32.1. The minimum atomic E-state index is -0.332. The molecule has 0 saturated heterocycles. The van der Waals surface area contributed by atoms with E-state index in [-0.39, 0.29) is 17.9 Å². The third-order valence-corrected chi connectivity index (χ3v) is 6.65. The van der Waals surface area contributed by atoms with Gasteiger partial charge in [-0.05, 0) is 53.7 Å². The van der Waals surface area contributed by atoms with Crippen molar-refractivity contribution in [2.24, 2.45) is 0 Å². The zero-order valence-electron chi connectivity index (χ0n) is 16.1. The molecule has 7 heteroatoms. The van der Waals surface area contributed by atoms with Crippen molar-refractivity contribution in [2.45, 2.75) is 6.54 Å². The summed E-state index contributed by atoms with van der Waals surface area (Å²) in [6.07, 6.45) is 0. The van der Waals surface area contributed by atoms with E-state index in [0.717, 1.165) is 21.5 Å². The van der Waals surface area contributed by atoms with E-state index in [1.54, 1.807) is 34.9 Å². The van der Waals surface area contributed by atoms with Gasteiger partial charge in [-0.25, -0.2) is 4.39 Å². The maximum Gasteiger partial charge on any atom is 0.261 e. The maximum absolute atomic E-state index is 13.6. The van der Waals surface area contributed by atoms with E-state index in [1.165, 1.54) is 23.5 Å². The lowest BCUT2D eigenvalue weighted by Crippen LogP contribution is -2.24. The molecule has 0 aliphatic heterocycles. The molecule has 0 atom stereocenters. The molecule has 0 bridgehead atoms. The van der Waals surface area contributed by atoms with Gasteiger partial charge in [0.1, 0.15) is 11.5 Å².